The standard InChI is InChI=1S/C25H22FN9O2/c26-21-4-3-5-22(35-16-29-31-32-35)19(21)12-28-25(37)20-15-34(30-24(20)27)14-18-9-7-17(8-10-18)13-33-11-2-1-6-23(33)36/h1-11,15-16H,12-14H2,(H2,27,30)(H,28,37). The van der Waals surface area contributed by atoms with Crippen LogP contribution in [0.1, 0.15) is 27.0 Å². The molecule has 0 aliphatic carbocycles. The molecule has 5 rings (SSSR count). The largest absolute Gasteiger partial charge is 0.382 e. The molecule has 5 aromatic rings. The fourth-order valence-electron chi connectivity index (χ4n) is 3.89. The smallest absolute Gasteiger partial charge is 0.256 e. The SMILES string of the molecule is Nc1nn(Cc2ccc(Cn3ccccc3=O)cc2)cc1C(=O)NCc1c(F)cccc1-n1cnnn1. The third kappa shape index (κ3) is 5.27. The van der Waals surface area contributed by atoms with E-state index in [0.717, 1.165) is 11.1 Å². The number of carbonyl (C=O) groups excluding carboxylic acids is 1. The van der Waals surface area contributed by atoms with Gasteiger partial charge in [-0.3, -0.25) is 14.3 Å². The first-order chi connectivity index (χ1) is 18.0. The van der Waals surface area contributed by atoms with Crippen molar-refractivity contribution in [2.75, 3.05) is 5.73 Å². The van der Waals surface area contributed by atoms with E-state index in [1.165, 1.54) is 29.2 Å². The van der Waals surface area contributed by atoms with Crippen molar-refractivity contribution in [3.8, 4) is 5.69 Å². The second-order valence-electron chi connectivity index (χ2n) is 8.28. The first kappa shape index (κ1) is 23.6. The van der Waals surface area contributed by atoms with Gasteiger partial charge in [0.15, 0.2) is 5.82 Å². The zero-order chi connectivity index (χ0) is 25.8. The zero-order valence-corrected chi connectivity index (χ0v) is 19.5. The Morgan fingerprint density at radius 3 is 2.51 bits per heavy atom. The van der Waals surface area contributed by atoms with Crippen LogP contribution in [0.4, 0.5) is 10.2 Å². The van der Waals surface area contributed by atoms with Crippen LogP contribution in [0, 0.1) is 5.82 Å². The molecule has 0 aliphatic heterocycles. The van der Waals surface area contributed by atoms with Crippen LogP contribution in [0.2, 0.25) is 0 Å². The number of amides is 1. The summed E-state index contributed by atoms with van der Waals surface area (Å²) in [5.41, 5.74) is 8.67. The van der Waals surface area contributed by atoms with Gasteiger partial charge in [-0.2, -0.15) is 5.10 Å². The Morgan fingerprint density at radius 1 is 1.00 bits per heavy atom. The molecule has 12 heteroatoms. The Bertz CT molecular complexity index is 1590. The molecule has 0 radical (unpaired) electrons. The molecule has 11 nitrogen and oxygen atoms in total. The molecule has 0 fully saturated rings. The summed E-state index contributed by atoms with van der Waals surface area (Å²) in [6.07, 6.45) is 4.63. The van der Waals surface area contributed by atoms with Gasteiger partial charge in [-0.1, -0.05) is 36.4 Å². The predicted octanol–water partition coefficient (Wildman–Crippen LogP) is 1.77. The molecular weight excluding hydrogens is 477 g/mol. The molecule has 3 heterocycles. The Balaban J connectivity index is 1.25. The number of carbonyl (C=O) groups is 1. The summed E-state index contributed by atoms with van der Waals surface area (Å²) in [5, 5.41) is 17.9. The van der Waals surface area contributed by atoms with Gasteiger partial charge in [-0.25, -0.2) is 9.07 Å². The van der Waals surface area contributed by atoms with Gasteiger partial charge in [0.05, 0.1) is 18.8 Å². The predicted molar refractivity (Wildman–Crippen MR) is 132 cm³/mol. The third-order valence-electron chi connectivity index (χ3n) is 5.77. The molecule has 1 amide bonds. The van der Waals surface area contributed by atoms with Crippen molar-refractivity contribution in [3.63, 3.8) is 0 Å². The Kier molecular flexibility index (Phi) is 6.53. The molecule has 0 unspecified atom stereocenters. The first-order valence-electron chi connectivity index (χ1n) is 11.3. The van der Waals surface area contributed by atoms with Gasteiger partial charge < -0.3 is 15.6 Å². The number of anilines is 1. The van der Waals surface area contributed by atoms with Crippen LogP contribution in [0.3, 0.4) is 0 Å². The van der Waals surface area contributed by atoms with Gasteiger partial charge in [0.2, 0.25) is 0 Å². The van der Waals surface area contributed by atoms with E-state index in [1.54, 1.807) is 33.8 Å². The quantitative estimate of drug-likeness (QED) is 0.332. The van der Waals surface area contributed by atoms with Gasteiger partial charge in [-0.05, 0) is 39.8 Å². The maximum atomic E-state index is 14.5. The molecule has 0 bridgehead atoms. The van der Waals surface area contributed by atoms with Crippen LogP contribution >= 0.6 is 0 Å². The molecule has 3 aromatic heterocycles. The number of nitrogens with one attached hydrogen (secondary N) is 1. The minimum absolute atomic E-state index is 0.0619. The highest BCUT2D eigenvalue weighted by molar-refractivity contribution is 5.98. The molecule has 0 saturated carbocycles. The average molecular weight is 500 g/mol. The summed E-state index contributed by atoms with van der Waals surface area (Å²) in [4.78, 5) is 24.7. The van der Waals surface area contributed by atoms with Crippen LogP contribution in [0.25, 0.3) is 5.69 Å². The van der Waals surface area contributed by atoms with Crippen LogP contribution in [-0.2, 0) is 19.6 Å². The van der Waals surface area contributed by atoms with Crippen molar-refractivity contribution in [3.05, 3.63) is 118 Å². The van der Waals surface area contributed by atoms with Crippen LogP contribution < -0.4 is 16.6 Å². The number of nitrogens with zero attached hydrogens (tertiary/aromatic N) is 7. The number of hydrogen-bond donors (Lipinski definition) is 2. The van der Waals surface area contributed by atoms with E-state index in [4.69, 9.17) is 5.73 Å². The Labute approximate surface area is 210 Å². The molecule has 37 heavy (non-hydrogen) atoms. The highest BCUT2D eigenvalue weighted by Gasteiger charge is 2.17. The number of halogens is 1. The normalized spacial score (nSPS) is 10.9. The van der Waals surface area contributed by atoms with Crippen LogP contribution in [0.15, 0.2) is 84.2 Å². The summed E-state index contributed by atoms with van der Waals surface area (Å²) in [5.74, 6) is -0.928. The van der Waals surface area contributed by atoms with E-state index in [9.17, 15) is 14.0 Å². The molecule has 0 atom stereocenters. The van der Waals surface area contributed by atoms with Crippen molar-refractivity contribution in [2.24, 2.45) is 0 Å². The monoisotopic (exact) mass is 499 g/mol. The van der Waals surface area contributed by atoms with Crippen molar-refractivity contribution in [1.29, 1.82) is 0 Å². The number of tetrazole rings is 1. The molecule has 0 spiro atoms. The fourth-order valence-corrected chi connectivity index (χ4v) is 3.89. The lowest BCUT2D eigenvalue weighted by Crippen LogP contribution is -2.24. The number of rotatable bonds is 8. The average Bonchev–Trinajstić information content (AvgIpc) is 3.55. The molecule has 2 aromatic carbocycles. The van der Waals surface area contributed by atoms with E-state index in [0.29, 0.717) is 18.8 Å². The summed E-state index contributed by atoms with van der Waals surface area (Å²) in [6.45, 7) is 0.757. The van der Waals surface area contributed by atoms with Gasteiger partial charge in [0.1, 0.15) is 17.7 Å². The highest BCUT2D eigenvalue weighted by Crippen LogP contribution is 2.18. The zero-order valence-electron chi connectivity index (χ0n) is 19.5. The minimum atomic E-state index is -0.502. The molecule has 186 valence electrons. The molecular formula is C25H22FN9O2. The Hall–Kier alpha value is -5.13. The minimum Gasteiger partial charge on any atom is -0.382 e. The van der Waals surface area contributed by atoms with Gasteiger partial charge >= 0.3 is 0 Å². The van der Waals surface area contributed by atoms with Crippen molar-refractivity contribution < 1.29 is 9.18 Å². The lowest BCUT2D eigenvalue weighted by atomic mass is 10.1. The summed E-state index contributed by atoms with van der Waals surface area (Å²) in [6, 6.07) is 17.3. The van der Waals surface area contributed by atoms with E-state index in [-0.39, 0.29) is 29.0 Å². The van der Waals surface area contributed by atoms with E-state index >= 15 is 0 Å². The number of aromatic nitrogens is 7. The summed E-state index contributed by atoms with van der Waals surface area (Å²) < 4.78 is 19.0. The van der Waals surface area contributed by atoms with Crippen molar-refractivity contribution >= 4 is 11.7 Å². The summed E-state index contributed by atoms with van der Waals surface area (Å²) in [7, 11) is 0. The second-order valence-corrected chi connectivity index (χ2v) is 8.28. The number of hydrogen-bond acceptors (Lipinski definition) is 7. The number of pyridine rings is 1. The maximum absolute atomic E-state index is 14.5. The Morgan fingerprint density at radius 2 is 1.78 bits per heavy atom. The fraction of sp³-hybridized carbons (Fsp3) is 0.120. The lowest BCUT2D eigenvalue weighted by Gasteiger charge is -2.10. The number of nitrogens with two attached hydrogens (primary N) is 1. The first-order valence-corrected chi connectivity index (χ1v) is 11.3. The topological polar surface area (TPSA) is 139 Å². The van der Waals surface area contributed by atoms with E-state index in [1.807, 2.05) is 30.3 Å². The molecule has 0 saturated heterocycles. The lowest BCUT2D eigenvalue weighted by molar-refractivity contribution is 0.0951. The third-order valence-corrected chi connectivity index (χ3v) is 5.77. The van der Waals surface area contributed by atoms with Crippen LogP contribution in [0.5, 0.6) is 0 Å². The van der Waals surface area contributed by atoms with Gasteiger partial charge in [0.25, 0.3) is 11.5 Å². The van der Waals surface area contributed by atoms with E-state index < -0.39 is 11.7 Å². The van der Waals surface area contributed by atoms with E-state index in [2.05, 4.69) is 25.9 Å². The van der Waals surface area contributed by atoms with Crippen molar-refractivity contribution in [2.45, 2.75) is 19.6 Å². The molecule has 3 N–H and O–H groups in total. The second kappa shape index (κ2) is 10.2. The van der Waals surface area contributed by atoms with Crippen LogP contribution in [-0.4, -0.2) is 40.5 Å². The number of benzene rings is 2. The maximum Gasteiger partial charge on any atom is 0.256 e. The molecule has 0 aliphatic rings. The highest BCUT2D eigenvalue weighted by atomic mass is 19.1. The number of nitrogen functional groups attached to an aromatic ring is 1. The van der Waals surface area contributed by atoms with Gasteiger partial charge in [0, 0.05) is 30.6 Å². The van der Waals surface area contributed by atoms with Gasteiger partial charge in [-0.15, -0.1) is 5.10 Å². The van der Waals surface area contributed by atoms with Crippen molar-refractivity contribution in [1.82, 2.24) is 39.9 Å². The summed E-state index contributed by atoms with van der Waals surface area (Å²) >= 11 is 0.